The minimum Gasteiger partial charge on any atom is -0.496 e. The van der Waals surface area contributed by atoms with E-state index in [4.69, 9.17) is 4.74 Å². The lowest BCUT2D eigenvalue weighted by Gasteiger charge is -2.12. The third-order valence-electron chi connectivity index (χ3n) is 3.43. The number of carbonyl (C=O) groups is 1. The van der Waals surface area contributed by atoms with Crippen molar-refractivity contribution in [3.63, 3.8) is 0 Å². The Labute approximate surface area is 120 Å². The number of methoxy groups -OCH3 is 1. The molecule has 0 radical (unpaired) electrons. The van der Waals surface area contributed by atoms with Crippen LogP contribution in [0.1, 0.15) is 32.6 Å². The molecule has 20 heavy (non-hydrogen) atoms. The van der Waals surface area contributed by atoms with E-state index in [-0.39, 0.29) is 5.78 Å². The summed E-state index contributed by atoms with van der Waals surface area (Å²) >= 11 is 0. The molecule has 0 aliphatic heterocycles. The molecule has 0 aliphatic rings. The van der Waals surface area contributed by atoms with Crippen LogP contribution < -0.4 is 4.74 Å². The van der Waals surface area contributed by atoms with Gasteiger partial charge in [0.15, 0.2) is 5.78 Å². The Morgan fingerprint density at radius 1 is 1.00 bits per heavy atom. The molecule has 104 valence electrons. The molecule has 0 spiro atoms. The highest BCUT2D eigenvalue weighted by molar-refractivity contribution is 6.01. The van der Waals surface area contributed by atoms with Gasteiger partial charge in [0.05, 0.1) is 12.7 Å². The van der Waals surface area contributed by atoms with Gasteiger partial charge in [-0.05, 0) is 43.5 Å². The van der Waals surface area contributed by atoms with E-state index in [1.54, 1.807) is 7.11 Å². The van der Waals surface area contributed by atoms with Crippen LogP contribution in [-0.2, 0) is 6.42 Å². The van der Waals surface area contributed by atoms with E-state index in [0.717, 1.165) is 16.7 Å². The van der Waals surface area contributed by atoms with Crippen molar-refractivity contribution in [3.8, 4) is 5.75 Å². The molecule has 0 unspecified atom stereocenters. The fourth-order valence-corrected chi connectivity index (χ4v) is 2.43. The number of benzene rings is 2. The molecule has 0 heterocycles. The Morgan fingerprint density at radius 3 is 2.25 bits per heavy atom. The zero-order valence-electron chi connectivity index (χ0n) is 12.5. The van der Waals surface area contributed by atoms with E-state index in [9.17, 15) is 4.79 Å². The number of hydrogen-bond donors (Lipinski definition) is 0. The molecule has 0 saturated carbocycles. The standard InChI is InChI=1S/C18H20O2/c1-12-5-7-15(8-6-12)11-16(19)18-14(3)9-13(2)10-17(18)20-4/h5-10H,11H2,1-4H3. The molecule has 0 atom stereocenters. The molecule has 0 N–H and O–H groups in total. The molecule has 2 rings (SSSR count). The predicted octanol–water partition coefficient (Wildman–Crippen LogP) is 4.05. The van der Waals surface area contributed by atoms with Crippen molar-refractivity contribution in [3.05, 3.63) is 64.2 Å². The van der Waals surface area contributed by atoms with Gasteiger partial charge >= 0.3 is 0 Å². The Balaban J connectivity index is 2.31. The van der Waals surface area contributed by atoms with Crippen LogP contribution in [0.5, 0.6) is 5.75 Å². The molecule has 2 aromatic rings. The van der Waals surface area contributed by atoms with Gasteiger partial charge in [-0.1, -0.05) is 35.9 Å². The van der Waals surface area contributed by atoms with Crippen LogP contribution in [0.25, 0.3) is 0 Å². The first-order valence-electron chi connectivity index (χ1n) is 6.75. The molecule has 0 fully saturated rings. The highest BCUT2D eigenvalue weighted by Gasteiger charge is 2.16. The molecule has 0 aromatic heterocycles. The van der Waals surface area contributed by atoms with Gasteiger partial charge in [0.1, 0.15) is 5.75 Å². The number of Topliss-reactive ketones (excluding diaryl/α,β-unsaturated/α-hetero) is 1. The minimum absolute atomic E-state index is 0.100. The van der Waals surface area contributed by atoms with Crippen molar-refractivity contribution < 1.29 is 9.53 Å². The second-order valence-corrected chi connectivity index (χ2v) is 5.24. The van der Waals surface area contributed by atoms with Gasteiger partial charge in [-0.3, -0.25) is 4.79 Å². The van der Waals surface area contributed by atoms with E-state index in [1.807, 2.05) is 57.2 Å². The minimum atomic E-state index is 0.100. The maximum Gasteiger partial charge on any atom is 0.171 e. The lowest BCUT2D eigenvalue weighted by atomic mass is 9.96. The third kappa shape index (κ3) is 3.08. The third-order valence-corrected chi connectivity index (χ3v) is 3.43. The number of hydrogen-bond acceptors (Lipinski definition) is 2. The van der Waals surface area contributed by atoms with Crippen LogP contribution in [0.2, 0.25) is 0 Å². The molecule has 2 aromatic carbocycles. The predicted molar refractivity (Wildman–Crippen MR) is 81.7 cm³/mol. The van der Waals surface area contributed by atoms with Gasteiger partial charge in [0.2, 0.25) is 0 Å². The maximum absolute atomic E-state index is 12.5. The number of aryl methyl sites for hydroxylation is 3. The van der Waals surface area contributed by atoms with Crippen LogP contribution in [0.4, 0.5) is 0 Å². The number of ether oxygens (including phenoxy) is 1. The Morgan fingerprint density at radius 2 is 1.65 bits per heavy atom. The molecular formula is C18H20O2. The smallest absolute Gasteiger partial charge is 0.171 e. The molecule has 2 nitrogen and oxygen atoms in total. The fraction of sp³-hybridized carbons (Fsp3) is 0.278. The summed E-state index contributed by atoms with van der Waals surface area (Å²) in [5.41, 5.74) is 5.00. The van der Waals surface area contributed by atoms with Crippen molar-refractivity contribution in [2.45, 2.75) is 27.2 Å². The molecule has 0 saturated heterocycles. The summed E-state index contributed by atoms with van der Waals surface area (Å²) in [6.45, 7) is 6.00. The van der Waals surface area contributed by atoms with E-state index in [2.05, 4.69) is 0 Å². The van der Waals surface area contributed by atoms with Gasteiger partial charge in [-0.2, -0.15) is 0 Å². The number of ketones is 1. The van der Waals surface area contributed by atoms with Gasteiger partial charge in [-0.25, -0.2) is 0 Å². The van der Waals surface area contributed by atoms with Crippen molar-refractivity contribution in [2.75, 3.05) is 7.11 Å². The summed E-state index contributed by atoms with van der Waals surface area (Å²) in [4.78, 5) is 12.5. The van der Waals surface area contributed by atoms with Crippen molar-refractivity contribution in [1.29, 1.82) is 0 Å². The summed E-state index contributed by atoms with van der Waals surface area (Å²) in [7, 11) is 1.61. The monoisotopic (exact) mass is 268 g/mol. The Kier molecular flexibility index (Phi) is 4.23. The summed E-state index contributed by atoms with van der Waals surface area (Å²) in [6.07, 6.45) is 0.403. The highest BCUT2D eigenvalue weighted by Crippen LogP contribution is 2.25. The number of rotatable bonds is 4. The second-order valence-electron chi connectivity index (χ2n) is 5.24. The average molecular weight is 268 g/mol. The molecule has 2 heteroatoms. The largest absolute Gasteiger partial charge is 0.496 e. The summed E-state index contributed by atoms with van der Waals surface area (Å²) in [5, 5.41) is 0. The van der Waals surface area contributed by atoms with E-state index < -0.39 is 0 Å². The topological polar surface area (TPSA) is 26.3 Å². The lowest BCUT2D eigenvalue weighted by molar-refractivity contribution is 0.0989. The SMILES string of the molecule is COc1cc(C)cc(C)c1C(=O)Cc1ccc(C)cc1. The highest BCUT2D eigenvalue weighted by atomic mass is 16.5. The van der Waals surface area contributed by atoms with E-state index >= 15 is 0 Å². The maximum atomic E-state index is 12.5. The van der Waals surface area contributed by atoms with E-state index in [0.29, 0.717) is 17.7 Å². The first-order chi connectivity index (χ1) is 9.51. The Hall–Kier alpha value is -2.09. The van der Waals surface area contributed by atoms with Gasteiger partial charge in [0.25, 0.3) is 0 Å². The first kappa shape index (κ1) is 14.3. The first-order valence-corrected chi connectivity index (χ1v) is 6.75. The van der Waals surface area contributed by atoms with Crippen molar-refractivity contribution in [1.82, 2.24) is 0 Å². The van der Waals surface area contributed by atoms with Gasteiger partial charge in [0, 0.05) is 6.42 Å². The van der Waals surface area contributed by atoms with Gasteiger partial charge in [-0.15, -0.1) is 0 Å². The van der Waals surface area contributed by atoms with Crippen LogP contribution in [0.3, 0.4) is 0 Å². The summed E-state index contributed by atoms with van der Waals surface area (Å²) in [6, 6.07) is 12.0. The lowest BCUT2D eigenvalue weighted by Crippen LogP contribution is -2.08. The fourth-order valence-electron chi connectivity index (χ4n) is 2.43. The quantitative estimate of drug-likeness (QED) is 0.782. The summed E-state index contributed by atoms with van der Waals surface area (Å²) in [5.74, 6) is 0.766. The van der Waals surface area contributed by atoms with Crippen molar-refractivity contribution in [2.24, 2.45) is 0 Å². The second kappa shape index (κ2) is 5.91. The van der Waals surface area contributed by atoms with E-state index in [1.165, 1.54) is 5.56 Å². The zero-order chi connectivity index (χ0) is 14.7. The Bertz CT molecular complexity index is 625. The zero-order valence-corrected chi connectivity index (χ0v) is 12.5. The number of carbonyl (C=O) groups excluding carboxylic acids is 1. The molecular weight excluding hydrogens is 248 g/mol. The van der Waals surface area contributed by atoms with Crippen LogP contribution >= 0.6 is 0 Å². The van der Waals surface area contributed by atoms with Crippen LogP contribution in [0.15, 0.2) is 36.4 Å². The van der Waals surface area contributed by atoms with Gasteiger partial charge < -0.3 is 4.74 Å². The molecule has 0 bridgehead atoms. The molecule has 0 aliphatic carbocycles. The average Bonchev–Trinajstić information content (AvgIpc) is 2.40. The van der Waals surface area contributed by atoms with Crippen LogP contribution in [-0.4, -0.2) is 12.9 Å². The molecule has 0 amide bonds. The van der Waals surface area contributed by atoms with Crippen LogP contribution in [0, 0.1) is 20.8 Å². The summed E-state index contributed by atoms with van der Waals surface area (Å²) < 4.78 is 5.36. The van der Waals surface area contributed by atoms with Crippen molar-refractivity contribution >= 4 is 5.78 Å². The normalized spacial score (nSPS) is 10.4.